The number of carbonyl (C=O) groups is 2. The molecule has 0 saturated carbocycles. The Balaban J connectivity index is 2.12. The summed E-state index contributed by atoms with van der Waals surface area (Å²) in [5.74, 6) is 8.87. The Hall–Kier alpha value is -3.92. The van der Waals surface area contributed by atoms with E-state index in [1.807, 2.05) is 0 Å². The van der Waals surface area contributed by atoms with Gasteiger partial charge in [0, 0.05) is 22.4 Å². The molecule has 2 atom stereocenters. The number of nitrogen functional groups attached to an aromatic ring is 1. The van der Waals surface area contributed by atoms with E-state index in [0.29, 0.717) is 16.8 Å². The Labute approximate surface area is 177 Å². The van der Waals surface area contributed by atoms with Gasteiger partial charge in [-0.25, -0.2) is 14.3 Å². The number of halogens is 2. The topological polar surface area (TPSA) is 130 Å². The molecule has 0 aromatic heterocycles. The number of hydrogen-bond donors (Lipinski definition) is 5. The quantitative estimate of drug-likeness (QED) is 0.213. The molecule has 2 aromatic rings. The number of alkyl halides is 2. The van der Waals surface area contributed by atoms with Crippen molar-refractivity contribution in [3.8, 4) is 23.7 Å². The van der Waals surface area contributed by atoms with Crippen molar-refractivity contribution in [3.05, 3.63) is 65.2 Å². The van der Waals surface area contributed by atoms with Crippen LogP contribution in [0.25, 0.3) is 0 Å². The Bertz CT molecular complexity index is 1080. The number of hydrogen-bond acceptors (Lipinski definition) is 5. The third-order valence-electron chi connectivity index (χ3n) is 4.31. The maximum atomic E-state index is 13.2. The van der Waals surface area contributed by atoms with E-state index in [2.05, 4.69) is 29.0 Å². The van der Waals surface area contributed by atoms with Gasteiger partial charge in [0.1, 0.15) is 11.6 Å². The third kappa shape index (κ3) is 6.03. The van der Waals surface area contributed by atoms with E-state index in [-0.39, 0.29) is 5.56 Å². The lowest BCUT2D eigenvalue weighted by Crippen LogP contribution is -2.66. The number of anilines is 1. The zero-order valence-corrected chi connectivity index (χ0v) is 16.4. The Morgan fingerprint density at radius 1 is 1.06 bits per heavy atom. The number of para-hydroxylation sites is 1. The van der Waals surface area contributed by atoms with Crippen LogP contribution in [0.15, 0.2) is 48.5 Å². The van der Waals surface area contributed by atoms with Gasteiger partial charge in [-0.2, -0.15) is 0 Å². The lowest BCUT2D eigenvalue weighted by molar-refractivity contribution is -0.134. The summed E-state index contributed by atoms with van der Waals surface area (Å²) in [6.45, 7) is 0.890. The highest BCUT2D eigenvalue weighted by atomic mass is 19.3. The van der Waals surface area contributed by atoms with Gasteiger partial charge in [-0.15, -0.1) is 0 Å². The molecule has 2 unspecified atom stereocenters. The predicted octanol–water partition coefficient (Wildman–Crippen LogP) is 1.26. The van der Waals surface area contributed by atoms with E-state index in [1.165, 1.54) is 29.7 Å². The monoisotopic (exact) mass is 426 g/mol. The van der Waals surface area contributed by atoms with E-state index < -0.39 is 29.8 Å². The average Bonchev–Trinajstić information content (AvgIpc) is 2.75. The smallest absolute Gasteiger partial charge is 0.268 e. The predicted molar refractivity (Wildman–Crippen MR) is 111 cm³/mol. The SMILES string of the molecule is CC(N)(C(F)F)C(NC(=O)c1ccc(C#CC#Cc2ccccc2N)cc1)C(=O)NO. The van der Waals surface area contributed by atoms with Gasteiger partial charge >= 0.3 is 0 Å². The molecule has 0 saturated heterocycles. The van der Waals surface area contributed by atoms with E-state index in [4.69, 9.17) is 16.7 Å². The molecule has 2 amide bonds. The minimum Gasteiger partial charge on any atom is -0.398 e. The highest BCUT2D eigenvalue weighted by Crippen LogP contribution is 2.18. The molecule has 0 spiro atoms. The summed E-state index contributed by atoms with van der Waals surface area (Å²) in [5.41, 5.74) is 11.9. The molecule has 7 N–H and O–H groups in total. The van der Waals surface area contributed by atoms with Crippen LogP contribution in [0, 0.1) is 23.7 Å². The molecule has 0 aliphatic carbocycles. The van der Waals surface area contributed by atoms with Crippen LogP contribution in [0.3, 0.4) is 0 Å². The molecular formula is C22H20F2N4O3. The van der Waals surface area contributed by atoms with Crippen LogP contribution in [0.1, 0.15) is 28.4 Å². The molecule has 31 heavy (non-hydrogen) atoms. The number of carbonyl (C=O) groups excluding carboxylic acids is 2. The first-order chi connectivity index (χ1) is 14.7. The molecule has 160 valence electrons. The highest BCUT2D eigenvalue weighted by Gasteiger charge is 2.44. The molecule has 2 aromatic carbocycles. The molecule has 0 heterocycles. The van der Waals surface area contributed by atoms with E-state index in [1.54, 1.807) is 24.3 Å². The first kappa shape index (κ1) is 23.4. The minimum absolute atomic E-state index is 0.0782. The number of nitrogens with one attached hydrogen (secondary N) is 2. The zero-order chi connectivity index (χ0) is 23.0. The first-order valence-corrected chi connectivity index (χ1v) is 8.95. The van der Waals surface area contributed by atoms with Gasteiger partial charge in [-0.05, 0) is 55.2 Å². The largest absolute Gasteiger partial charge is 0.398 e. The summed E-state index contributed by atoms with van der Waals surface area (Å²) in [5, 5.41) is 10.9. The lowest BCUT2D eigenvalue weighted by atomic mass is 9.92. The molecular weight excluding hydrogens is 406 g/mol. The van der Waals surface area contributed by atoms with Crippen molar-refractivity contribution in [2.24, 2.45) is 5.73 Å². The second kappa shape index (κ2) is 10.2. The van der Waals surface area contributed by atoms with Crippen molar-refractivity contribution in [2.75, 3.05) is 5.73 Å². The maximum Gasteiger partial charge on any atom is 0.268 e. The van der Waals surface area contributed by atoms with Crippen LogP contribution in [0.2, 0.25) is 0 Å². The Kier molecular flexibility index (Phi) is 7.70. The van der Waals surface area contributed by atoms with Crippen LogP contribution >= 0.6 is 0 Å². The maximum absolute atomic E-state index is 13.2. The molecule has 2 rings (SSSR count). The van der Waals surface area contributed by atoms with Gasteiger partial charge in [-0.1, -0.05) is 24.0 Å². The standard InChI is InChI=1S/C22H20F2N4O3/c1-22(26,21(23)24)18(20(30)28-31)27-19(29)16-12-10-14(11-13-16)6-2-3-7-15-8-4-5-9-17(15)25/h4-5,8-13,18,21,31H,25-26H2,1H3,(H,27,29)(H,28,30). The second-order valence-corrected chi connectivity index (χ2v) is 6.71. The second-order valence-electron chi connectivity index (χ2n) is 6.71. The summed E-state index contributed by atoms with van der Waals surface area (Å²) in [4.78, 5) is 24.1. The number of amides is 2. The summed E-state index contributed by atoms with van der Waals surface area (Å²) in [6.07, 6.45) is -3.14. The van der Waals surface area contributed by atoms with E-state index >= 15 is 0 Å². The first-order valence-electron chi connectivity index (χ1n) is 8.95. The van der Waals surface area contributed by atoms with Gasteiger partial charge in [0.25, 0.3) is 18.2 Å². The van der Waals surface area contributed by atoms with Gasteiger partial charge in [0.15, 0.2) is 0 Å². The number of nitrogens with two attached hydrogens (primary N) is 2. The lowest BCUT2D eigenvalue weighted by Gasteiger charge is -2.32. The number of benzene rings is 2. The van der Waals surface area contributed by atoms with Crippen LogP contribution in [0.4, 0.5) is 14.5 Å². The van der Waals surface area contributed by atoms with E-state index in [0.717, 1.165) is 6.92 Å². The molecule has 7 nitrogen and oxygen atoms in total. The summed E-state index contributed by atoms with van der Waals surface area (Å²) in [6, 6.07) is 11.1. The third-order valence-corrected chi connectivity index (χ3v) is 4.31. The van der Waals surface area contributed by atoms with Gasteiger partial charge in [-0.3, -0.25) is 14.8 Å². The van der Waals surface area contributed by atoms with Crippen molar-refractivity contribution in [1.82, 2.24) is 10.8 Å². The van der Waals surface area contributed by atoms with Crippen molar-refractivity contribution in [2.45, 2.75) is 24.9 Å². The minimum atomic E-state index is -3.14. The van der Waals surface area contributed by atoms with Crippen LogP contribution in [-0.4, -0.2) is 35.0 Å². The fraction of sp³-hybridized carbons (Fsp3) is 0.182. The molecule has 0 radical (unpaired) electrons. The Morgan fingerprint density at radius 3 is 2.26 bits per heavy atom. The normalized spacial score (nSPS) is 13.0. The zero-order valence-electron chi connectivity index (χ0n) is 16.4. The van der Waals surface area contributed by atoms with Crippen molar-refractivity contribution in [3.63, 3.8) is 0 Å². The fourth-order valence-electron chi connectivity index (χ4n) is 2.43. The van der Waals surface area contributed by atoms with Crippen molar-refractivity contribution < 1.29 is 23.6 Å². The van der Waals surface area contributed by atoms with Crippen LogP contribution < -0.4 is 22.3 Å². The molecule has 0 bridgehead atoms. The van der Waals surface area contributed by atoms with Gasteiger partial charge in [0.05, 0.1) is 0 Å². The molecule has 9 heteroatoms. The van der Waals surface area contributed by atoms with E-state index in [9.17, 15) is 18.4 Å². The summed E-state index contributed by atoms with van der Waals surface area (Å²) < 4.78 is 26.3. The number of rotatable bonds is 5. The van der Waals surface area contributed by atoms with Gasteiger partial charge in [0.2, 0.25) is 0 Å². The summed E-state index contributed by atoms with van der Waals surface area (Å²) >= 11 is 0. The van der Waals surface area contributed by atoms with Gasteiger partial charge < -0.3 is 16.8 Å². The van der Waals surface area contributed by atoms with Crippen LogP contribution in [0.5, 0.6) is 0 Å². The van der Waals surface area contributed by atoms with Crippen molar-refractivity contribution in [1.29, 1.82) is 0 Å². The molecule has 0 aliphatic heterocycles. The van der Waals surface area contributed by atoms with Crippen molar-refractivity contribution >= 4 is 17.5 Å². The molecule has 0 aliphatic rings. The highest BCUT2D eigenvalue weighted by molar-refractivity contribution is 5.98. The molecule has 0 fully saturated rings. The van der Waals surface area contributed by atoms with Crippen LogP contribution in [-0.2, 0) is 4.79 Å². The summed E-state index contributed by atoms with van der Waals surface area (Å²) in [7, 11) is 0. The average molecular weight is 426 g/mol. The fourth-order valence-corrected chi connectivity index (χ4v) is 2.43. The number of hydroxylamine groups is 1. The Morgan fingerprint density at radius 2 is 1.68 bits per heavy atom.